The molecule has 2 N–H and O–H groups in total. The van der Waals surface area contributed by atoms with Gasteiger partial charge in [0.2, 0.25) is 0 Å². The first kappa shape index (κ1) is 16.3. The van der Waals surface area contributed by atoms with Gasteiger partial charge in [-0.2, -0.15) is 0 Å². The van der Waals surface area contributed by atoms with Gasteiger partial charge in [-0.3, -0.25) is 0 Å². The summed E-state index contributed by atoms with van der Waals surface area (Å²) in [7, 11) is 0. The smallest absolute Gasteiger partial charge is 0.119 e. The summed E-state index contributed by atoms with van der Waals surface area (Å²) < 4.78 is 5.62. The average molecular weight is 290 g/mol. The van der Waals surface area contributed by atoms with Crippen LogP contribution in [0.4, 0.5) is 0 Å². The van der Waals surface area contributed by atoms with E-state index >= 15 is 0 Å². The van der Waals surface area contributed by atoms with Gasteiger partial charge in [0.1, 0.15) is 5.75 Å². The number of likely N-dealkylation sites (tertiary alicyclic amines) is 1. The number of nitrogens with zero attached hydrogens (tertiary/aromatic N) is 1. The second kappa shape index (κ2) is 7.81. The molecular weight excluding hydrogens is 260 g/mol. The first-order valence-corrected chi connectivity index (χ1v) is 8.29. The lowest BCUT2D eigenvalue weighted by Crippen LogP contribution is -2.42. The van der Waals surface area contributed by atoms with Gasteiger partial charge in [-0.15, -0.1) is 0 Å². The van der Waals surface area contributed by atoms with Crippen molar-refractivity contribution in [1.29, 1.82) is 0 Å². The molecule has 3 unspecified atom stereocenters. The summed E-state index contributed by atoms with van der Waals surface area (Å²) in [6, 6.07) is 8.36. The molecular formula is C18H30N2O. The van der Waals surface area contributed by atoms with Crippen LogP contribution in [0.25, 0.3) is 0 Å². The molecule has 0 spiro atoms. The molecule has 21 heavy (non-hydrogen) atoms. The third-order valence-electron chi connectivity index (χ3n) is 4.18. The third kappa shape index (κ3) is 5.01. The zero-order chi connectivity index (χ0) is 15.2. The van der Waals surface area contributed by atoms with Crippen molar-refractivity contribution in [2.45, 2.75) is 39.7 Å². The molecule has 0 aliphatic carbocycles. The highest BCUT2D eigenvalue weighted by atomic mass is 16.5. The van der Waals surface area contributed by atoms with Gasteiger partial charge in [-0.25, -0.2) is 0 Å². The molecule has 1 aromatic rings. The third-order valence-corrected chi connectivity index (χ3v) is 4.18. The molecule has 0 bridgehead atoms. The maximum Gasteiger partial charge on any atom is 0.119 e. The van der Waals surface area contributed by atoms with Gasteiger partial charge in [0.15, 0.2) is 0 Å². The molecule has 1 fully saturated rings. The molecule has 1 aliphatic rings. The lowest BCUT2D eigenvalue weighted by atomic mass is 9.91. The average Bonchev–Trinajstić information content (AvgIpc) is 2.44. The molecule has 0 aromatic heterocycles. The Hall–Kier alpha value is -1.06. The van der Waals surface area contributed by atoms with Crippen LogP contribution in [-0.4, -0.2) is 31.1 Å². The zero-order valence-corrected chi connectivity index (χ0v) is 13.7. The summed E-state index contributed by atoms with van der Waals surface area (Å²) in [5.41, 5.74) is 7.58. The highest BCUT2D eigenvalue weighted by Crippen LogP contribution is 2.23. The Kier molecular flexibility index (Phi) is 6.07. The highest BCUT2D eigenvalue weighted by molar-refractivity contribution is 5.29. The lowest BCUT2D eigenvalue weighted by molar-refractivity contribution is 0.134. The van der Waals surface area contributed by atoms with Gasteiger partial charge in [-0.1, -0.05) is 32.9 Å². The van der Waals surface area contributed by atoms with E-state index in [1.807, 2.05) is 12.1 Å². The fraction of sp³-hybridized carbons (Fsp3) is 0.667. The minimum absolute atomic E-state index is 0.0859. The Morgan fingerprint density at radius 3 is 2.38 bits per heavy atom. The fourth-order valence-electron chi connectivity index (χ4n) is 3.36. The predicted molar refractivity (Wildman–Crippen MR) is 88.5 cm³/mol. The molecule has 118 valence electrons. The summed E-state index contributed by atoms with van der Waals surface area (Å²) in [5, 5.41) is 0. The molecule has 2 rings (SSSR count). The zero-order valence-electron chi connectivity index (χ0n) is 13.7. The normalized spacial score (nSPS) is 24.8. The number of ether oxygens (including phenoxy) is 1. The van der Waals surface area contributed by atoms with Gasteiger partial charge in [0.05, 0.1) is 6.61 Å². The second-order valence-electron chi connectivity index (χ2n) is 6.69. The second-order valence-corrected chi connectivity index (χ2v) is 6.69. The van der Waals surface area contributed by atoms with E-state index in [0.717, 1.165) is 37.2 Å². The van der Waals surface area contributed by atoms with Crippen LogP contribution in [0.15, 0.2) is 24.3 Å². The first-order valence-electron chi connectivity index (χ1n) is 8.29. The van der Waals surface area contributed by atoms with Crippen molar-refractivity contribution < 1.29 is 4.74 Å². The Labute approximate surface area is 129 Å². The van der Waals surface area contributed by atoms with Crippen molar-refractivity contribution in [1.82, 2.24) is 4.90 Å². The number of hydrogen-bond acceptors (Lipinski definition) is 3. The van der Waals surface area contributed by atoms with Gasteiger partial charge >= 0.3 is 0 Å². The number of nitrogens with two attached hydrogens (primary N) is 1. The van der Waals surface area contributed by atoms with E-state index < -0.39 is 0 Å². The lowest BCUT2D eigenvalue weighted by Gasteiger charge is -2.36. The summed E-state index contributed by atoms with van der Waals surface area (Å²) >= 11 is 0. The minimum Gasteiger partial charge on any atom is -0.494 e. The van der Waals surface area contributed by atoms with Gasteiger partial charge in [0, 0.05) is 25.7 Å². The number of hydrogen-bond donors (Lipinski definition) is 1. The molecule has 1 heterocycles. The summed E-state index contributed by atoms with van der Waals surface area (Å²) in [6.07, 6.45) is 2.38. The van der Waals surface area contributed by atoms with E-state index in [1.54, 1.807) is 0 Å². The van der Waals surface area contributed by atoms with Crippen LogP contribution in [0.2, 0.25) is 0 Å². The van der Waals surface area contributed by atoms with E-state index in [9.17, 15) is 0 Å². The maximum atomic E-state index is 6.38. The molecule has 3 nitrogen and oxygen atoms in total. The SMILES string of the molecule is CCCOc1ccc(C(N)CN2CC(C)CC(C)C2)cc1. The Morgan fingerprint density at radius 2 is 1.81 bits per heavy atom. The molecule has 1 aliphatic heterocycles. The molecule has 0 amide bonds. The van der Waals surface area contributed by atoms with E-state index in [-0.39, 0.29) is 6.04 Å². The van der Waals surface area contributed by atoms with Crippen LogP contribution in [0.5, 0.6) is 5.75 Å². The predicted octanol–water partition coefficient (Wildman–Crippen LogP) is 3.45. The molecule has 3 heteroatoms. The van der Waals surface area contributed by atoms with E-state index in [1.165, 1.54) is 25.1 Å². The van der Waals surface area contributed by atoms with Crippen molar-refractivity contribution in [2.75, 3.05) is 26.2 Å². The molecule has 0 saturated carbocycles. The van der Waals surface area contributed by atoms with E-state index in [4.69, 9.17) is 10.5 Å². The largest absolute Gasteiger partial charge is 0.494 e. The summed E-state index contributed by atoms with van der Waals surface area (Å²) in [4.78, 5) is 2.52. The number of rotatable bonds is 6. The van der Waals surface area contributed by atoms with E-state index in [2.05, 4.69) is 37.8 Å². The Balaban J connectivity index is 1.89. The van der Waals surface area contributed by atoms with Crippen molar-refractivity contribution in [3.63, 3.8) is 0 Å². The molecule has 1 saturated heterocycles. The molecule has 1 aromatic carbocycles. The number of benzene rings is 1. The van der Waals surface area contributed by atoms with Crippen LogP contribution in [0.3, 0.4) is 0 Å². The Bertz CT molecular complexity index is 408. The molecule has 0 radical (unpaired) electrons. The topological polar surface area (TPSA) is 38.5 Å². The van der Waals surface area contributed by atoms with Gasteiger partial charge in [-0.05, 0) is 42.4 Å². The van der Waals surface area contributed by atoms with Crippen LogP contribution >= 0.6 is 0 Å². The van der Waals surface area contributed by atoms with E-state index in [0.29, 0.717) is 0 Å². The van der Waals surface area contributed by atoms with Crippen LogP contribution in [-0.2, 0) is 0 Å². The highest BCUT2D eigenvalue weighted by Gasteiger charge is 2.23. The van der Waals surface area contributed by atoms with Crippen molar-refractivity contribution in [2.24, 2.45) is 17.6 Å². The van der Waals surface area contributed by atoms with Crippen molar-refractivity contribution in [3.05, 3.63) is 29.8 Å². The first-order chi connectivity index (χ1) is 10.1. The maximum absolute atomic E-state index is 6.38. The Morgan fingerprint density at radius 1 is 1.19 bits per heavy atom. The van der Waals surface area contributed by atoms with Crippen LogP contribution < -0.4 is 10.5 Å². The standard InChI is InChI=1S/C18H30N2O/c1-4-9-21-17-7-5-16(6-8-17)18(19)13-20-11-14(2)10-15(3)12-20/h5-8,14-15,18H,4,9-13,19H2,1-3H3. The van der Waals surface area contributed by atoms with Crippen LogP contribution in [0.1, 0.15) is 45.2 Å². The fourth-order valence-corrected chi connectivity index (χ4v) is 3.36. The van der Waals surface area contributed by atoms with Crippen molar-refractivity contribution >= 4 is 0 Å². The van der Waals surface area contributed by atoms with Gasteiger partial charge < -0.3 is 15.4 Å². The number of piperidine rings is 1. The summed E-state index contributed by atoms with van der Waals surface area (Å²) in [5.74, 6) is 2.50. The van der Waals surface area contributed by atoms with Crippen LogP contribution in [0, 0.1) is 11.8 Å². The van der Waals surface area contributed by atoms with Crippen molar-refractivity contribution in [3.8, 4) is 5.75 Å². The molecule has 3 atom stereocenters. The summed E-state index contributed by atoms with van der Waals surface area (Å²) in [6.45, 7) is 10.9. The van der Waals surface area contributed by atoms with Gasteiger partial charge in [0.25, 0.3) is 0 Å². The monoisotopic (exact) mass is 290 g/mol. The quantitative estimate of drug-likeness (QED) is 0.872. The minimum atomic E-state index is 0.0859.